The van der Waals surface area contributed by atoms with Crippen LogP contribution in [0.15, 0.2) is 23.1 Å². The molecular formula is C15H21NO3S. The Hall–Kier alpha value is -1.20. The molecule has 2 rings (SSSR count). The quantitative estimate of drug-likeness (QED) is 0.783. The molecule has 1 amide bonds. The van der Waals surface area contributed by atoms with Crippen LogP contribution in [0.1, 0.15) is 23.7 Å². The molecule has 20 heavy (non-hydrogen) atoms. The summed E-state index contributed by atoms with van der Waals surface area (Å²) in [6.07, 6.45) is 1.13. The maximum absolute atomic E-state index is 12.5. The van der Waals surface area contributed by atoms with Gasteiger partial charge in [-0.1, -0.05) is 6.92 Å². The summed E-state index contributed by atoms with van der Waals surface area (Å²) in [5, 5.41) is 0. The first-order chi connectivity index (χ1) is 9.76. The maximum atomic E-state index is 12.5. The van der Waals surface area contributed by atoms with E-state index < -0.39 is 0 Å². The highest BCUT2D eigenvalue weighted by Gasteiger charge is 2.21. The first-order valence-corrected chi connectivity index (χ1v) is 7.92. The van der Waals surface area contributed by atoms with Gasteiger partial charge in [0.1, 0.15) is 5.75 Å². The fourth-order valence-electron chi connectivity index (χ4n) is 2.09. The molecule has 1 aromatic carbocycles. The molecule has 0 aromatic heterocycles. The zero-order valence-electron chi connectivity index (χ0n) is 12.1. The lowest BCUT2D eigenvalue weighted by atomic mass is 10.1. The number of carbonyl (C=O) groups excluding carboxylic acids is 1. The molecule has 1 fully saturated rings. The normalized spacial score (nSPS) is 15.2. The van der Waals surface area contributed by atoms with Crippen LogP contribution in [0.4, 0.5) is 0 Å². The van der Waals surface area contributed by atoms with Gasteiger partial charge >= 0.3 is 0 Å². The van der Waals surface area contributed by atoms with Crippen LogP contribution in [0.2, 0.25) is 0 Å². The van der Waals surface area contributed by atoms with E-state index in [0.29, 0.717) is 37.6 Å². The minimum Gasteiger partial charge on any atom is -0.496 e. The molecule has 1 aliphatic heterocycles. The van der Waals surface area contributed by atoms with E-state index in [9.17, 15) is 4.79 Å². The Morgan fingerprint density at radius 3 is 2.80 bits per heavy atom. The molecule has 0 radical (unpaired) electrons. The Kier molecular flexibility index (Phi) is 5.73. The van der Waals surface area contributed by atoms with Crippen molar-refractivity contribution in [3.63, 3.8) is 0 Å². The third-order valence-corrected chi connectivity index (χ3v) is 4.37. The van der Waals surface area contributed by atoms with Crippen LogP contribution in [0, 0.1) is 0 Å². The first kappa shape index (κ1) is 15.2. The molecular weight excluding hydrogens is 274 g/mol. The summed E-state index contributed by atoms with van der Waals surface area (Å²) in [6.45, 7) is 4.67. The van der Waals surface area contributed by atoms with Gasteiger partial charge in [-0.2, -0.15) is 0 Å². The molecule has 1 heterocycles. The van der Waals surface area contributed by atoms with Gasteiger partial charge in [-0.15, -0.1) is 11.8 Å². The van der Waals surface area contributed by atoms with E-state index >= 15 is 0 Å². The summed E-state index contributed by atoms with van der Waals surface area (Å²) in [7, 11) is 1.61. The molecule has 4 nitrogen and oxygen atoms in total. The van der Waals surface area contributed by atoms with Gasteiger partial charge in [0.25, 0.3) is 5.91 Å². The Bertz CT molecular complexity index is 458. The van der Waals surface area contributed by atoms with Crippen molar-refractivity contribution in [2.75, 3.05) is 39.2 Å². The van der Waals surface area contributed by atoms with Crippen molar-refractivity contribution in [2.24, 2.45) is 0 Å². The number of hydrogen-bond donors (Lipinski definition) is 0. The molecule has 0 bridgehead atoms. The van der Waals surface area contributed by atoms with Gasteiger partial charge in [-0.25, -0.2) is 0 Å². The van der Waals surface area contributed by atoms with E-state index in [1.165, 1.54) is 0 Å². The number of hydrogen-bond acceptors (Lipinski definition) is 4. The molecule has 0 atom stereocenters. The van der Waals surface area contributed by atoms with E-state index in [0.717, 1.165) is 17.1 Å². The average Bonchev–Trinajstić information content (AvgIpc) is 2.52. The van der Waals surface area contributed by atoms with E-state index in [4.69, 9.17) is 9.47 Å². The van der Waals surface area contributed by atoms with Crippen LogP contribution < -0.4 is 4.74 Å². The number of benzene rings is 1. The number of methoxy groups -OCH3 is 1. The Balaban J connectivity index is 2.15. The second-order valence-electron chi connectivity index (χ2n) is 4.62. The Morgan fingerprint density at radius 2 is 2.15 bits per heavy atom. The number of ether oxygens (including phenoxy) is 2. The minimum atomic E-state index is 0.0252. The van der Waals surface area contributed by atoms with Crippen LogP contribution in [0.5, 0.6) is 5.75 Å². The molecule has 1 aliphatic rings. The largest absolute Gasteiger partial charge is 0.496 e. The topological polar surface area (TPSA) is 38.8 Å². The number of amides is 1. The van der Waals surface area contributed by atoms with Gasteiger partial charge in [0.05, 0.1) is 25.9 Å². The lowest BCUT2D eigenvalue weighted by Gasteiger charge is -2.27. The van der Waals surface area contributed by atoms with Crippen LogP contribution in [-0.4, -0.2) is 50.0 Å². The summed E-state index contributed by atoms with van der Waals surface area (Å²) in [5.74, 6) is 1.75. The first-order valence-electron chi connectivity index (χ1n) is 6.94. The number of nitrogens with zero attached hydrogens (tertiary/aromatic N) is 1. The monoisotopic (exact) mass is 295 g/mol. The van der Waals surface area contributed by atoms with Gasteiger partial charge in [0.15, 0.2) is 0 Å². The maximum Gasteiger partial charge on any atom is 0.257 e. The van der Waals surface area contributed by atoms with Crippen LogP contribution in [0.25, 0.3) is 0 Å². The molecule has 0 N–H and O–H groups in total. The smallest absolute Gasteiger partial charge is 0.257 e. The fraction of sp³-hybridized carbons (Fsp3) is 0.533. The number of morpholine rings is 1. The highest BCUT2D eigenvalue weighted by atomic mass is 32.2. The fourth-order valence-corrected chi connectivity index (χ4v) is 2.89. The van der Waals surface area contributed by atoms with Crippen molar-refractivity contribution in [3.05, 3.63) is 23.8 Å². The molecule has 1 saturated heterocycles. The van der Waals surface area contributed by atoms with E-state index in [1.54, 1.807) is 18.9 Å². The van der Waals surface area contributed by atoms with Crippen LogP contribution in [-0.2, 0) is 4.74 Å². The van der Waals surface area contributed by atoms with Gasteiger partial charge in [0.2, 0.25) is 0 Å². The molecule has 0 aliphatic carbocycles. The summed E-state index contributed by atoms with van der Waals surface area (Å²) in [6, 6.07) is 5.82. The zero-order chi connectivity index (χ0) is 14.4. The van der Waals surface area contributed by atoms with Gasteiger partial charge in [-0.3, -0.25) is 4.79 Å². The summed E-state index contributed by atoms with van der Waals surface area (Å²) in [4.78, 5) is 15.4. The van der Waals surface area contributed by atoms with E-state index in [1.807, 2.05) is 23.1 Å². The third kappa shape index (κ3) is 3.67. The lowest BCUT2D eigenvalue weighted by molar-refractivity contribution is 0.0301. The van der Waals surface area contributed by atoms with E-state index in [2.05, 4.69) is 6.92 Å². The molecule has 1 aromatic rings. The van der Waals surface area contributed by atoms with Crippen LogP contribution in [0.3, 0.4) is 0 Å². The molecule has 0 spiro atoms. The van der Waals surface area contributed by atoms with Gasteiger partial charge < -0.3 is 14.4 Å². The SMILES string of the molecule is CCCSc1ccc(C(=O)N2CCOCC2)c(OC)c1. The molecule has 110 valence electrons. The second-order valence-corrected chi connectivity index (χ2v) is 5.78. The van der Waals surface area contributed by atoms with Gasteiger partial charge in [0, 0.05) is 18.0 Å². The molecule has 0 saturated carbocycles. The predicted molar refractivity (Wildman–Crippen MR) is 80.7 cm³/mol. The Labute approximate surface area is 124 Å². The van der Waals surface area contributed by atoms with E-state index in [-0.39, 0.29) is 5.91 Å². The van der Waals surface area contributed by atoms with Crippen LogP contribution >= 0.6 is 11.8 Å². The summed E-state index contributed by atoms with van der Waals surface area (Å²) >= 11 is 1.78. The third-order valence-electron chi connectivity index (χ3n) is 3.17. The number of rotatable bonds is 5. The van der Waals surface area contributed by atoms with Crippen molar-refractivity contribution >= 4 is 17.7 Å². The highest BCUT2D eigenvalue weighted by Crippen LogP contribution is 2.28. The highest BCUT2D eigenvalue weighted by molar-refractivity contribution is 7.99. The second kappa shape index (κ2) is 7.55. The zero-order valence-corrected chi connectivity index (χ0v) is 12.9. The average molecular weight is 295 g/mol. The lowest BCUT2D eigenvalue weighted by Crippen LogP contribution is -2.40. The van der Waals surface area contributed by atoms with Crippen molar-refractivity contribution < 1.29 is 14.3 Å². The number of thioether (sulfide) groups is 1. The summed E-state index contributed by atoms with van der Waals surface area (Å²) in [5.41, 5.74) is 0.634. The van der Waals surface area contributed by atoms with Crippen molar-refractivity contribution in [2.45, 2.75) is 18.2 Å². The predicted octanol–water partition coefficient (Wildman–Crippen LogP) is 2.67. The Morgan fingerprint density at radius 1 is 1.40 bits per heavy atom. The van der Waals surface area contributed by atoms with Crippen molar-refractivity contribution in [1.29, 1.82) is 0 Å². The standard InChI is InChI=1S/C15H21NO3S/c1-3-10-20-12-4-5-13(14(11-12)18-2)15(17)16-6-8-19-9-7-16/h4-5,11H,3,6-10H2,1-2H3. The van der Waals surface area contributed by atoms with Crippen molar-refractivity contribution in [1.82, 2.24) is 4.90 Å². The van der Waals surface area contributed by atoms with Crippen molar-refractivity contribution in [3.8, 4) is 5.75 Å². The van der Waals surface area contributed by atoms with Gasteiger partial charge in [-0.05, 0) is 30.4 Å². The molecule has 0 unspecified atom stereocenters. The summed E-state index contributed by atoms with van der Waals surface area (Å²) < 4.78 is 10.7. The molecule has 5 heteroatoms. The minimum absolute atomic E-state index is 0.0252. The number of carbonyl (C=O) groups is 1.